The highest BCUT2D eigenvalue weighted by atomic mass is 32.2. The lowest BCUT2D eigenvalue weighted by Crippen LogP contribution is -2.35. The van der Waals surface area contributed by atoms with Crippen LogP contribution in [0.5, 0.6) is 0 Å². The number of carbonyl (C=O) groups excluding carboxylic acids is 1. The summed E-state index contributed by atoms with van der Waals surface area (Å²) in [5, 5.41) is 0.399. The van der Waals surface area contributed by atoms with Crippen molar-refractivity contribution in [2.45, 2.75) is 47.4 Å². The smallest absolute Gasteiger partial charge is 0.245 e. The van der Waals surface area contributed by atoms with E-state index in [0.717, 1.165) is 32.6 Å². The molecule has 1 aliphatic heterocycles. The Hall–Kier alpha value is -2.31. The van der Waals surface area contributed by atoms with Gasteiger partial charge in [0.2, 0.25) is 5.91 Å². The fourth-order valence-electron chi connectivity index (χ4n) is 3.27. The molecule has 0 saturated heterocycles. The van der Waals surface area contributed by atoms with Crippen molar-refractivity contribution in [1.82, 2.24) is 9.97 Å². The molecule has 0 unspecified atom stereocenters. The van der Waals surface area contributed by atoms with Gasteiger partial charge >= 0.3 is 0 Å². The third-order valence-electron chi connectivity index (χ3n) is 4.51. The van der Waals surface area contributed by atoms with Crippen molar-refractivity contribution in [2.75, 3.05) is 4.90 Å². The molecule has 1 atom stereocenters. The molecule has 28 heavy (non-hydrogen) atoms. The lowest BCUT2D eigenvalue weighted by Gasteiger charge is -2.33. The van der Waals surface area contributed by atoms with Crippen molar-refractivity contribution in [3.8, 4) is 0 Å². The first-order chi connectivity index (χ1) is 13.6. The number of para-hydroxylation sites is 2. The van der Waals surface area contributed by atoms with E-state index in [-0.39, 0.29) is 11.2 Å². The molecule has 0 bridgehead atoms. The molecule has 3 aromatic rings. The van der Waals surface area contributed by atoms with Crippen LogP contribution in [0.25, 0.3) is 0 Å². The van der Waals surface area contributed by atoms with Crippen LogP contribution in [0.3, 0.4) is 0 Å². The number of aromatic nitrogens is 2. The van der Waals surface area contributed by atoms with Crippen molar-refractivity contribution in [3.05, 3.63) is 66.0 Å². The third-order valence-corrected chi connectivity index (χ3v) is 6.85. The largest absolute Gasteiger partial charge is 0.278 e. The quantitative estimate of drug-likeness (QED) is 0.404. The molecule has 4 rings (SSSR count). The van der Waals surface area contributed by atoms with Gasteiger partial charge in [-0.2, -0.15) is 0 Å². The molecule has 4 nitrogen and oxygen atoms in total. The number of benzene rings is 2. The minimum absolute atomic E-state index is 0.0652. The van der Waals surface area contributed by atoms with E-state index in [1.807, 2.05) is 68.1 Å². The van der Waals surface area contributed by atoms with E-state index in [1.165, 1.54) is 11.8 Å². The van der Waals surface area contributed by atoms with Crippen molar-refractivity contribution in [2.24, 2.45) is 0 Å². The Morgan fingerprint density at radius 1 is 1.00 bits per heavy atom. The lowest BCUT2D eigenvalue weighted by atomic mass is 10.2. The van der Waals surface area contributed by atoms with Gasteiger partial charge in [0.1, 0.15) is 0 Å². The van der Waals surface area contributed by atoms with Gasteiger partial charge in [-0.1, -0.05) is 54.7 Å². The first-order valence-electron chi connectivity index (χ1n) is 9.25. The molecule has 2 heterocycles. The van der Waals surface area contributed by atoms with Gasteiger partial charge in [0, 0.05) is 21.2 Å². The van der Waals surface area contributed by atoms with Crippen LogP contribution < -0.4 is 4.90 Å². The molecule has 0 aliphatic carbocycles. The predicted molar refractivity (Wildman–Crippen MR) is 116 cm³/mol. The van der Waals surface area contributed by atoms with E-state index in [2.05, 4.69) is 22.1 Å². The zero-order chi connectivity index (χ0) is 19.7. The zero-order valence-corrected chi connectivity index (χ0v) is 17.7. The Kier molecular flexibility index (Phi) is 5.42. The minimum atomic E-state index is -0.259. The summed E-state index contributed by atoms with van der Waals surface area (Å²) >= 11 is 3.15. The molecule has 1 aromatic heterocycles. The zero-order valence-electron chi connectivity index (χ0n) is 16.0. The maximum Gasteiger partial charge on any atom is 0.245 e. The standard InChI is InChI=1S/C22H21N3OS2/c1-4-18(28-22-23-14(2)13-15(3)24-22)21(26)25-16-9-5-7-11-19(16)27-20-12-8-6-10-17(20)25/h5-13,18H,4H2,1-3H3/t18-/m1/s1. The van der Waals surface area contributed by atoms with Crippen LogP contribution in [0.15, 0.2) is 69.5 Å². The van der Waals surface area contributed by atoms with Crippen LogP contribution in [0.1, 0.15) is 24.7 Å². The molecular formula is C22H21N3OS2. The summed E-state index contributed by atoms with van der Waals surface area (Å²) in [4.78, 5) is 26.8. The average Bonchev–Trinajstić information content (AvgIpc) is 2.69. The summed E-state index contributed by atoms with van der Waals surface area (Å²) < 4.78 is 0. The molecule has 1 aliphatic rings. The molecule has 142 valence electrons. The van der Waals surface area contributed by atoms with Gasteiger partial charge < -0.3 is 0 Å². The second-order valence-corrected chi connectivity index (χ2v) is 8.91. The Morgan fingerprint density at radius 3 is 2.07 bits per heavy atom. The van der Waals surface area contributed by atoms with E-state index in [1.54, 1.807) is 11.8 Å². The highest BCUT2D eigenvalue weighted by molar-refractivity contribution is 8.00. The summed E-state index contributed by atoms with van der Waals surface area (Å²) in [7, 11) is 0. The number of amides is 1. The SMILES string of the molecule is CC[C@@H](Sc1nc(C)cc(C)n1)C(=O)N1c2ccccc2Sc2ccccc21. The Bertz CT molecular complexity index is 972. The summed E-state index contributed by atoms with van der Waals surface area (Å²) in [5.74, 6) is 0.0652. The van der Waals surface area contributed by atoms with Crippen LogP contribution in [0.4, 0.5) is 11.4 Å². The number of rotatable bonds is 4. The topological polar surface area (TPSA) is 46.1 Å². The average molecular weight is 408 g/mol. The summed E-state index contributed by atoms with van der Waals surface area (Å²) in [6.07, 6.45) is 0.702. The maximum atomic E-state index is 13.7. The molecule has 0 fully saturated rings. The van der Waals surface area contributed by atoms with Crippen molar-refractivity contribution in [3.63, 3.8) is 0 Å². The number of anilines is 2. The fourth-order valence-corrected chi connectivity index (χ4v) is 5.35. The number of hydrogen-bond acceptors (Lipinski definition) is 5. The molecule has 0 radical (unpaired) electrons. The van der Waals surface area contributed by atoms with Gasteiger partial charge in [-0.05, 0) is 50.6 Å². The summed E-state index contributed by atoms with van der Waals surface area (Å²) in [5.41, 5.74) is 3.72. The Balaban J connectivity index is 1.72. The number of fused-ring (bicyclic) bond motifs is 2. The molecular weight excluding hydrogens is 386 g/mol. The van der Waals surface area contributed by atoms with Gasteiger partial charge in [-0.15, -0.1) is 0 Å². The monoisotopic (exact) mass is 407 g/mol. The molecule has 0 N–H and O–H groups in total. The van der Waals surface area contributed by atoms with Crippen molar-refractivity contribution < 1.29 is 4.79 Å². The Morgan fingerprint density at radius 2 is 1.54 bits per heavy atom. The summed E-state index contributed by atoms with van der Waals surface area (Å²) in [6.45, 7) is 5.94. The third kappa shape index (κ3) is 3.66. The van der Waals surface area contributed by atoms with E-state index in [9.17, 15) is 4.79 Å². The second-order valence-electron chi connectivity index (χ2n) is 6.66. The first kappa shape index (κ1) is 19.0. The minimum Gasteiger partial charge on any atom is -0.278 e. The molecule has 6 heteroatoms. The molecule has 0 saturated carbocycles. The van der Waals surface area contributed by atoms with Gasteiger partial charge in [0.15, 0.2) is 5.16 Å². The van der Waals surface area contributed by atoms with Gasteiger partial charge in [0.05, 0.1) is 16.6 Å². The van der Waals surface area contributed by atoms with Crippen LogP contribution in [0.2, 0.25) is 0 Å². The van der Waals surface area contributed by atoms with E-state index < -0.39 is 0 Å². The molecule has 0 spiro atoms. The molecule has 2 aromatic carbocycles. The fraction of sp³-hybridized carbons (Fsp3) is 0.227. The highest BCUT2D eigenvalue weighted by Gasteiger charge is 2.32. The molecule has 1 amide bonds. The van der Waals surface area contributed by atoms with Crippen LogP contribution >= 0.6 is 23.5 Å². The number of hydrogen-bond donors (Lipinski definition) is 0. The van der Waals surface area contributed by atoms with Gasteiger partial charge in [-0.25, -0.2) is 9.97 Å². The Labute approximate surface area is 173 Å². The normalized spacial score (nSPS) is 13.6. The summed E-state index contributed by atoms with van der Waals surface area (Å²) in [6, 6.07) is 18.1. The number of nitrogens with zero attached hydrogens (tertiary/aromatic N) is 3. The lowest BCUT2D eigenvalue weighted by molar-refractivity contribution is -0.117. The van der Waals surface area contributed by atoms with Gasteiger partial charge in [-0.3, -0.25) is 9.69 Å². The number of carbonyl (C=O) groups is 1. The predicted octanol–water partition coefficient (Wildman–Crippen LogP) is 5.79. The van der Waals surface area contributed by atoms with Crippen molar-refractivity contribution in [1.29, 1.82) is 0 Å². The van der Waals surface area contributed by atoms with Gasteiger partial charge in [0.25, 0.3) is 0 Å². The number of thioether (sulfide) groups is 1. The van der Waals surface area contributed by atoms with Crippen molar-refractivity contribution >= 4 is 40.8 Å². The first-order valence-corrected chi connectivity index (χ1v) is 10.9. The van der Waals surface area contributed by atoms with E-state index >= 15 is 0 Å². The van der Waals surface area contributed by atoms with Crippen LogP contribution in [-0.4, -0.2) is 21.1 Å². The van der Waals surface area contributed by atoms with Crippen LogP contribution in [0, 0.1) is 13.8 Å². The van der Waals surface area contributed by atoms with Crippen LogP contribution in [-0.2, 0) is 4.79 Å². The van der Waals surface area contributed by atoms with E-state index in [4.69, 9.17) is 0 Å². The van der Waals surface area contributed by atoms with E-state index in [0.29, 0.717) is 11.6 Å². The highest BCUT2D eigenvalue weighted by Crippen LogP contribution is 2.48. The number of aryl methyl sites for hydroxylation is 2. The second kappa shape index (κ2) is 7.97. The maximum absolute atomic E-state index is 13.7.